The molecule has 0 aliphatic rings. The van der Waals surface area contributed by atoms with Gasteiger partial charge in [0.15, 0.2) is 0 Å². The summed E-state index contributed by atoms with van der Waals surface area (Å²) in [5, 5.41) is 17.0. The van der Waals surface area contributed by atoms with Crippen molar-refractivity contribution in [3.05, 3.63) is 99.3 Å². The highest BCUT2D eigenvalue weighted by Gasteiger charge is 2.23. The number of rotatable bonds is 10. The predicted octanol–water partition coefficient (Wildman–Crippen LogP) is 4.38. The molecule has 0 fully saturated rings. The highest BCUT2D eigenvalue weighted by molar-refractivity contribution is 6.29. The third-order valence-electron chi connectivity index (χ3n) is 5.43. The summed E-state index contributed by atoms with van der Waals surface area (Å²) in [6.07, 6.45) is -0.0670. The molecule has 0 bridgehead atoms. The van der Waals surface area contributed by atoms with E-state index in [1.807, 2.05) is 12.1 Å². The lowest BCUT2D eigenvalue weighted by atomic mass is 10.00. The summed E-state index contributed by atoms with van der Waals surface area (Å²) in [4.78, 5) is 16.9. The molecule has 8 heteroatoms. The summed E-state index contributed by atoms with van der Waals surface area (Å²) in [7, 11) is 0. The number of aryl methyl sites for hydroxylation is 2. The average Bonchev–Trinajstić information content (AvgIpc) is 2.77. The molecule has 5 nitrogen and oxygen atoms in total. The summed E-state index contributed by atoms with van der Waals surface area (Å²) in [6.45, 7) is 4.48. The molecule has 3 N–H and O–H groups in total. The molecule has 0 radical (unpaired) electrons. The monoisotopic (exact) mass is 487 g/mol. The number of aromatic nitrogens is 1. The van der Waals surface area contributed by atoms with Gasteiger partial charge in [-0.1, -0.05) is 42.8 Å². The van der Waals surface area contributed by atoms with Gasteiger partial charge in [0.05, 0.1) is 12.1 Å². The Bertz CT molecular complexity index is 1100. The maximum absolute atomic E-state index is 13.7. The van der Waals surface area contributed by atoms with E-state index in [9.17, 15) is 18.7 Å². The Kier molecular flexibility index (Phi) is 9.10. The molecular weight excluding hydrogens is 460 g/mol. The molecule has 0 saturated carbocycles. The number of benzene rings is 2. The number of carbonyl (C=O) groups is 1. The van der Waals surface area contributed by atoms with Crippen LogP contribution in [0.2, 0.25) is 5.15 Å². The highest BCUT2D eigenvalue weighted by Crippen LogP contribution is 2.15. The second-order valence-electron chi connectivity index (χ2n) is 8.25. The minimum atomic E-state index is -1.02. The molecule has 34 heavy (non-hydrogen) atoms. The predicted molar refractivity (Wildman–Crippen MR) is 129 cm³/mol. The summed E-state index contributed by atoms with van der Waals surface area (Å²) in [5.41, 5.74) is 3.45. The van der Waals surface area contributed by atoms with Gasteiger partial charge in [-0.05, 0) is 60.7 Å². The van der Waals surface area contributed by atoms with Gasteiger partial charge < -0.3 is 15.7 Å². The van der Waals surface area contributed by atoms with Crippen molar-refractivity contribution in [2.45, 2.75) is 45.4 Å². The van der Waals surface area contributed by atoms with Crippen LogP contribution in [-0.4, -0.2) is 34.7 Å². The smallest absolute Gasteiger partial charge is 0.251 e. The number of hydrogen-bond donors (Lipinski definition) is 3. The van der Waals surface area contributed by atoms with E-state index < -0.39 is 29.7 Å². The van der Waals surface area contributed by atoms with Crippen LogP contribution in [0.5, 0.6) is 0 Å². The Morgan fingerprint density at radius 2 is 1.76 bits per heavy atom. The van der Waals surface area contributed by atoms with Gasteiger partial charge in [0.25, 0.3) is 5.91 Å². The number of hydrogen-bond acceptors (Lipinski definition) is 4. The van der Waals surface area contributed by atoms with Crippen LogP contribution in [0.4, 0.5) is 8.78 Å². The lowest BCUT2D eigenvalue weighted by Gasteiger charge is -2.25. The summed E-state index contributed by atoms with van der Waals surface area (Å²) >= 11 is 5.97. The van der Waals surface area contributed by atoms with Crippen LogP contribution in [0.1, 0.15) is 39.7 Å². The first-order chi connectivity index (χ1) is 16.2. The first-order valence-electron chi connectivity index (χ1n) is 11.1. The van der Waals surface area contributed by atoms with Crippen molar-refractivity contribution in [1.82, 2.24) is 15.6 Å². The van der Waals surface area contributed by atoms with E-state index in [2.05, 4.69) is 34.7 Å². The average molecular weight is 488 g/mol. The molecule has 180 valence electrons. The van der Waals surface area contributed by atoms with Crippen LogP contribution in [0.25, 0.3) is 0 Å². The number of nitrogens with zero attached hydrogens (tertiary/aromatic N) is 1. The topological polar surface area (TPSA) is 74.2 Å². The lowest BCUT2D eigenvalue weighted by Crippen LogP contribution is -2.48. The fourth-order valence-corrected chi connectivity index (χ4v) is 3.99. The lowest BCUT2D eigenvalue weighted by molar-refractivity contribution is 0.0829. The Balaban J connectivity index is 1.73. The number of pyridine rings is 1. The molecule has 0 aliphatic heterocycles. The molecule has 2 atom stereocenters. The van der Waals surface area contributed by atoms with E-state index in [-0.39, 0.29) is 23.7 Å². The van der Waals surface area contributed by atoms with Gasteiger partial charge in [-0.15, -0.1) is 0 Å². The molecule has 2 aromatic carbocycles. The molecule has 3 aromatic rings. The molecule has 3 rings (SSSR count). The van der Waals surface area contributed by atoms with Gasteiger partial charge >= 0.3 is 0 Å². The minimum absolute atomic E-state index is 0.0341. The third kappa shape index (κ3) is 7.58. The molecule has 1 aromatic heterocycles. The molecule has 0 saturated heterocycles. The van der Waals surface area contributed by atoms with Crippen LogP contribution < -0.4 is 10.6 Å². The zero-order valence-electron chi connectivity index (χ0n) is 19.1. The summed E-state index contributed by atoms with van der Waals surface area (Å²) in [5.74, 6) is -1.91. The van der Waals surface area contributed by atoms with E-state index in [1.165, 1.54) is 23.8 Å². The van der Waals surface area contributed by atoms with Gasteiger partial charge in [0.2, 0.25) is 0 Å². The van der Waals surface area contributed by atoms with Gasteiger partial charge in [0, 0.05) is 30.4 Å². The fraction of sp³-hybridized carbons (Fsp3) is 0.308. The molecule has 0 unspecified atom stereocenters. The maximum atomic E-state index is 13.7. The van der Waals surface area contributed by atoms with E-state index in [0.29, 0.717) is 17.8 Å². The number of aliphatic hydroxyl groups excluding tert-OH is 1. The van der Waals surface area contributed by atoms with Gasteiger partial charge in [-0.2, -0.15) is 0 Å². The summed E-state index contributed by atoms with van der Waals surface area (Å²) < 4.78 is 27.4. The van der Waals surface area contributed by atoms with Crippen molar-refractivity contribution < 1.29 is 18.7 Å². The largest absolute Gasteiger partial charge is 0.390 e. The van der Waals surface area contributed by atoms with Gasteiger partial charge in [-0.25, -0.2) is 13.8 Å². The van der Waals surface area contributed by atoms with Crippen molar-refractivity contribution in [2.24, 2.45) is 0 Å². The molecule has 1 heterocycles. The first-order valence-corrected chi connectivity index (χ1v) is 11.5. The number of amides is 1. The van der Waals surface area contributed by atoms with Crippen molar-refractivity contribution in [2.75, 3.05) is 6.54 Å². The minimum Gasteiger partial charge on any atom is -0.390 e. The van der Waals surface area contributed by atoms with Crippen molar-refractivity contribution in [1.29, 1.82) is 0 Å². The van der Waals surface area contributed by atoms with E-state index in [1.54, 1.807) is 13.0 Å². The van der Waals surface area contributed by atoms with Crippen molar-refractivity contribution in [3.63, 3.8) is 0 Å². The normalized spacial score (nSPS) is 12.9. The van der Waals surface area contributed by atoms with Crippen LogP contribution in [-0.2, 0) is 19.4 Å². The Morgan fingerprint density at radius 3 is 2.44 bits per heavy atom. The Labute approximate surface area is 203 Å². The van der Waals surface area contributed by atoms with E-state index >= 15 is 0 Å². The second kappa shape index (κ2) is 12.0. The van der Waals surface area contributed by atoms with Crippen molar-refractivity contribution >= 4 is 17.5 Å². The van der Waals surface area contributed by atoms with Crippen LogP contribution in [0, 0.1) is 18.6 Å². The number of halogens is 3. The second-order valence-corrected chi connectivity index (χ2v) is 8.64. The standard InChI is InChI=1S/C26H28ClF2N3O2/c1-3-17-5-4-6-18(8-17)14-30-15-24(33)23(11-19-9-21(28)13-22(29)10-19)32-26(34)20-7-16(2)31-25(27)12-20/h4-10,12-13,23-24,30,33H,3,11,14-15H2,1-2H3,(H,32,34)/t23-,24+/m0/s1. The van der Waals surface area contributed by atoms with Crippen LogP contribution >= 0.6 is 11.6 Å². The highest BCUT2D eigenvalue weighted by atomic mass is 35.5. The molecular formula is C26H28ClF2N3O2. The SMILES string of the molecule is CCc1cccc(CNC[C@@H](O)[C@H](Cc2cc(F)cc(F)c2)NC(=O)c2cc(C)nc(Cl)c2)c1. The Morgan fingerprint density at radius 1 is 1.06 bits per heavy atom. The third-order valence-corrected chi connectivity index (χ3v) is 5.62. The van der Waals surface area contributed by atoms with E-state index in [4.69, 9.17) is 11.6 Å². The van der Waals surface area contributed by atoms with Crippen LogP contribution in [0.3, 0.4) is 0 Å². The van der Waals surface area contributed by atoms with E-state index in [0.717, 1.165) is 18.1 Å². The van der Waals surface area contributed by atoms with Gasteiger partial charge in [-0.3, -0.25) is 4.79 Å². The summed E-state index contributed by atoms with van der Waals surface area (Å²) in [6, 6.07) is 13.5. The number of nitrogens with one attached hydrogen (secondary N) is 2. The molecule has 0 spiro atoms. The van der Waals surface area contributed by atoms with Crippen LogP contribution in [0.15, 0.2) is 54.6 Å². The number of carbonyl (C=O) groups excluding carboxylic acids is 1. The van der Waals surface area contributed by atoms with Crippen molar-refractivity contribution in [3.8, 4) is 0 Å². The Hall–Kier alpha value is -2.87. The first kappa shape index (κ1) is 25.7. The number of aliphatic hydroxyl groups is 1. The maximum Gasteiger partial charge on any atom is 0.251 e. The zero-order valence-corrected chi connectivity index (χ0v) is 19.9. The fourth-order valence-electron chi connectivity index (χ4n) is 3.74. The molecule has 0 aliphatic carbocycles. The zero-order chi connectivity index (χ0) is 24.7. The quantitative estimate of drug-likeness (QED) is 0.371. The van der Waals surface area contributed by atoms with Gasteiger partial charge in [0.1, 0.15) is 16.8 Å². The molecule has 1 amide bonds.